The van der Waals surface area contributed by atoms with Gasteiger partial charge in [0.15, 0.2) is 17.5 Å². The van der Waals surface area contributed by atoms with Crippen molar-refractivity contribution in [3.8, 4) is 34.2 Å². The highest BCUT2D eigenvalue weighted by atomic mass is 15.2. The van der Waals surface area contributed by atoms with Gasteiger partial charge in [0, 0.05) is 67.3 Å². The Bertz CT molecular complexity index is 3840. The van der Waals surface area contributed by atoms with Crippen LogP contribution in [0, 0.1) is 0 Å². The van der Waals surface area contributed by atoms with Gasteiger partial charge >= 0.3 is 0 Å². The molecular formula is C63H44N6. The van der Waals surface area contributed by atoms with Crippen molar-refractivity contribution in [3.05, 3.63) is 259 Å². The smallest absolute Gasteiger partial charge is 0.164 e. The Balaban J connectivity index is 0.972. The summed E-state index contributed by atoms with van der Waals surface area (Å²) in [7, 11) is 0. The lowest BCUT2D eigenvalue weighted by atomic mass is 9.83. The van der Waals surface area contributed by atoms with Crippen molar-refractivity contribution in [3.63, 3.8) is 0 Å². The fourth-order valence-electron chi connectivity index (χ4n) is 11.4. The molecule has 3 aromatic heterocycles. The summed E-state index contributed by atoms with van der Waals surface area (Å²) in [5, 5.41) is 4.94. The van der Waals surface area contributed by atoms with Crippen molar-refractivity contribution in [1.29, 1.82) is 0 Å². The lowest BCUT2D eigenvalue weighted by molar-refractivity contribution is 0.669. The summed E-state index contributed by atoms with van der Waals surface area (Å²) in [4.78, 5) is 18.1. The molecule has 69 heavy (non-hydrogen) atoms. The fraction of sp³-hybridized carbons (Fsp3) is 0.0635. The van der Waals surface area contributed by atoms with Gasteiger partial charge in [0.2, 0.25) is 0 Å². The molecule has 0 bridgehead atoms. The van der Waals surface area contributed by atoms with Crippen molar-refractivity contribution in [2.75, 3.05) is 4.90 Å². The van der Waals surface area contributed by atoms with E-state index in [0.29, 0.717) is 23.9 Å². The molecule has 3 atom stereocenters. The van der Waals surface area contributed by atoms with Crippen LogP contribution in [0.1, 0.15) is 35.2 Å². The van der Waals surface area contributed by atoms with Crippen molar-refractivity contribution in [2.45, 2.75) is 24.3 Å². The van der Waals surface area contributed by atoms with Crippen LogP contribution in [0.3, 0.4) is 0 Å². The standard InChI is InChI=1S/C63H44N6/c1-4-18-41(19-5-1)61-64-62(42-20-6-2-7-21-42)66-63(65-61)44-33-37-58(69-56-30-16-12-26-49(56)50-27-13-17-31-57(50)69)53(38-44)43-32-35-51-52-36-34-46(40-60(52)67(59(51)39-43)45-22-8-3-9-23-45)68-54-28-14-10-24-47(54)48-25-11-15-29-55(48)68/h1-37,39-40,49,53,56H,38H2. The van der Waals surface area contributed by atoms with Crippen LogP contribution < -0.4 is 4.90 Å². The molecule has 0 radical (unpaired) electrons. The Morgan fingerprint density at radius 1 is 0.420 bits per heavy atom. The summed E-state index contributed by atoms with van der Waals surface area (Å²) >= 11 is 0. The van der Waals surface area contributed by atoms with E-state index >= 15 is 0 Å². The summed E-state index contributed by atoms with van der Waals surface area (Å²) < 4.78 is 4.88. The Hall–Kier alpha value is -8.87. The van der Waals surface area contributed by atoms with Crippen LogP contribution in [0.15, 0.2) is 242 Å². The average molecular weight is 885 g/mol. The average Bonchev–Trinajstić information content (AvgIpc) is 4.06. The molecule has 3 aliphatic rings. The highest BCUT2D eigenvalue weighted by Crippen LogP contribution is 2.51. The van der Waals surface area contributed by atoms with Gasteiger partial charge in [-0.1, -0.05) is 182 Å². The second kappa shape index (κ2) is 15.9. The summed E-state index contributed by atoms with van der Waals surface area (Å²) in [6.07, 6.45) is 14.4. The van der Waals surface area contributed by atoms with Gasteiger partial charge in [0.25, 0.3) is 0 Å². The molecule has 11 aromatic rings. The third-order valence-electron chi connectivity index (χ3n) is 14.5. The molecule has 8 aromatic carbocycles. The van der Waals surface area contributed by atoms with Gasteiger partial charge in [-0.3, -0.25) is 0 Å². The molecule has 1 aliphatic heterocycles. The Labute approximate surface area is 399 Å². The quantitative estimate of drug-likeness (QED) is 0.160. The van der Waals surface area contributed by atoms with Crippen LogP contribution in [0.5, 0.6) is 0 Å². The van der Waals surface area contributed by atoms with E-state index in [0.717, 1.165) is 33.6 Å². The zero-order chi connectivity index (χ0) is 45.4. The molecule has 14 rings (SSSR count). The predicted molar refractivity (Wildman–Crippen MR) is 283 cm³/mol. The van der Waals surface area contributed by atoms with Gasteiger partial charge in [-0.2, -0.15) is 0 Å². The van der Waals surface area contributed by atoms with E-state index in [2.05, 4.69) is 214 Å². The Kier molecular flexibility index (Phi) is 9.05. The molecule has 6 nitrogen and oxygen atoms in total. The Morgan fingerprint density at radius 3 is 1.68 bits per heavy atom. The number of para-hydroxylation sites is 4. The van der Waals surface area contributed by atoms with E-state index in [1.807, 2.05) is 36.4 Å². The van der Waals surface area contributed by atoms with Gasteiger partial charge in [-0.05, 0) is 77.7 Å². The monoisotopic (exact) mass is 884 g/mol. The zero-order valence-corrected chi connectivity index (χ0v) is 37.6. The maximum absolute atomic E-state index is 5.24. The topological polar surface area (TPSA) is 51.8 Å². The molecular weight excluding hydrogens is 841 g/mol. The molecule has 326 valence electrons. The van der Waals surface area contributed by atoms with E-state index in [9.17, 15) is 0 Å². The Morgan fingerprint density at radius 2 is 0.971 bits per heavy atom. The first kappa shape index (κ1) is 39.3. The maximum atomic E-state index is 5.24. The van der Waals surface area contributed by atoms with Gasteiger partial charge in [-0.25, -0.2) is 15.0 Å². The van der Waals surface area contributed by atoms with Crippen molar-refractivity contribution in [2.24, 2.45) is 0 Å². The molecule has 3 unspecified atom stereocenters. The number of allylic oxidation sites excluding steroid dienone is 6. The first-order valence-corrected chi connectivity index (χ1v) is 23.9. The lowest BCUT2D eigenvalue weighted by Gasteiger charge is -2.37. The van der Waals surface area contributed by atoms with Gasteiger partial charge in [0.1, 0.15) is 0 Å². The maximum Gasteiger partial charge on any atom is 0.164 e. The minimum Gasteiger partial charge on any atom is -0.336 e. The van der Waals surface area contributed by atoms with E-state index in [1.54, 1.807) is 0 Å². The van der Waals surface area contributed by atoms with Crippen LogP contribution in [-0.4, -0.2) is 30.1 Å². The second-order valence-electron chi connectivity index (χ2n) is 18.3. The minimum absolute atomic E-state index is 0.0342. The molecule has 4 heterocycles. The first-order valence-electron chi connectivity index (χ1n) is 23.9. The molecule has 0 saturated heterocycles. The van der Waals surface area contributed by atoms with Crippen LogP contribution in [0.4, 0.5) is 5.69 Å². The number of hydrogen-bond acceptors (Lipinski definition) is 4. The van der Waals surface area contributed by atoms with Crippen LogP contribution >= 0.6 is 0 Å². The van der Waals surface area contributed by atoms with Gasteiger partial charge in [0.05, 0.1) is 28.1 Å². The molecule has 0 N–H and O–H groups in total. The van der Waals surface area contributed by atoms with Crippen LogP contribution in [0.25, 0.3) is 83.3 Å². The first-order chi connectivity index (χ1) is 34.2. The summed E-state index contributed by atoms with van der Waals surface area (Å²) in [5.41, 5.74) is 15.1. The van der Waals surface area contributed by atoms with E-state index < -0.39 is 0 Å². The molecule has 0 saturated carbocycles. The molecule has 0 amide bonds. The third-order valence-corrected chi connectivity index (χ3v) is 14.5. The largest absolute Gasteiger partial charge is 0.336 e. The van der Waals surface area contributed by atoms with Crippen LogP contribution in [0.2, 0.25) is 0 Å². The predicted octanol–water partition coefficient (Wildman–Crippen LogP) is 15.0. The number of hydrogen-bond donors (Lipinski definition) is 0. The molecule has 2 aliphatic carbocycles. The van der Waals surface area contributed by atoms with Crippen molar-refractivity contribution < 1.29 is 0 Å². The van der Waals surface area contributed by atoms with E-state index in [4.69, 9.17) is 15.0 Å². The molecule has 6 heteroatoms. The number of fused-ring (bicyclic) bond motifs is 9. The van der Waals surface area contributed by atoms with Crippen molar-refractivity contribution >= 4 is 54.9 Å². The summed E-state index contributed by atoms with van der Waals surface area (Å²) in [6.45, 7) is 0. The number of rotatable bonds is 7. The fourth-order valence-corrected chi connectivity index (χ4v) is 11.4. The number of aromatic nitrogens is 5. The van der Waals surface area contributed by atoms with Gasteiger partial charge < -0.3 is 14.0 Å². The zero-order valence-electron chi connectivity index (χ0n) is 37.6. The highest BCUT2D eigenvalue weighted by Gasteiger charge is 2.41. The summed E-state index contributed by atoms with van der Waals surface area (Å²) in [5.74, 6) is 2.25. The lowest BCUT2D eigenvalue weighted by Crippen LogP contribution is -2.35. The third kappa shape index (κ3) is 6.36. The van der Waals surface area contributed by atoms with Gasteiger partial charge in [-0.15, -0.1) is 0 Å². The normalized spacial score (nSPS) is 17.4. The van der Waals surface area contributed by atoms with Crippen molar-refractivity contribution in [1.82, 2.24) is 24.1 Å². The SMILES string of the molecule is C1=CC2c3ccccc3N(C3=CC=C(c4nc(-c5ccccc5)nc(-c5ccccc5)n4)CC3c3ccc4c5ccc(-n6c7ccccc7c7ccccc76)cc5n(-c5ccccc5)c4c3)C2C=C1. The number of anilines is 1. The number of benzene rings is 8. The minimum atomic E-state index is -0.0342. The highest BCUT2D eigenvalue weighted by molar-refractivity contribution is 6.12. The number of nitrogens with zero attached hydrogens (tertiary/aromatic N) is 6. The van der Waals surface area contributed by atoms with E-state index in [1.165, 1.54) is 60.6 Å². The molecule has 0 spiro atoms. The van der Waals surface area contributed by atoms with E-state index in [-0.39, 0.29) is 17.9 Å². The van der Waals surface area contributed by atoms with Crippen LogP contribution in [-0.2, 0) is 0 Å². The summed E-state index contributed by atoms with van der Waals surface area (Å²) in [6, 6.07) is 72.1. The second-order valence-corrected chi connectivity index (χ2v) is 18.3. The molecule has 0 fully saturated rings.